The maximum absolute atomic E-state index is 6.16. The first-order valence-corrected chi connectivity index (χ1v) is 6.61. The molecule has 1 aromatic heterocycles. The van der Waals surface area contributed by atoms with Gasteiger partial charge in [-0.05, 0) is 37.1 Å². The molecule has 0 saturated carbocycles. The molecule has 18 heavy (non-hydrogen) atoms. The zero-order chi connectivity index (χ0) is 12.4. The quantitative estimate of drug-likeness (QED) is 0.920. The summed E-state index contributed by atoms with van der Waals surface area (Å²) in [5.41, 5.74) is 1.94. The van der Waals surface area contributed by atoms with Gasteiger partial charge < -0.3 is 10.1 Å². The summed E-state index contributed by atoms with van der Waals surface area (Å²) in [6.45, 7) is 1.71. The fourth-order valence-corrected chi connectivity index (χ4v) is 2.53. The zero-order valence-electron chi connectivity index (χ0n) is 10.0. The molecular formula is C14H15ClN2O. The van der Waals surface area contributed by atoms with Crippen LogP contribution >= 0.6 is 11.6 Å². The number of anilines is 1. The van der Waals surface area contributed by atoms with Crippen molar-refractivity contribution in [1.29, 1.82) is 0 Å². The van der Waals surface area contributed by atoms with Crippen molar-refractivity contribution in [3.8, 4) is 0 Å². The van der Waals surface area contributed by atoms with Crippen LogP contribution in [0.2, 0.25) is 5.02 Å². The molecule has 1 aromatic carbocycles. The Bertz CT molecular complexity index is 552. The molecular weight excluding hydrogens is 248 g/mol. The molecule has 1 fully saturated rings. The largest absolute Gasteiger partial charge is 0.381 e. The lowest BCUT2D eigenvalue weighted by Crippen LogP contribution is -2.18. The Morgan fingerprint density at radius 3 is 3.17 bits per heavy atom. The second kappa shape index (κ2) is 5.12. The van der Waals surface area contributed by atoms with Crippen LogP contribution in [0.5, 0.6) is 0 Å². The molecule has 3 rings (SSSR count). The summed E-state index contributed by atoms with van der Waals surface area (Å²) < 4.78 is 5.60. The maximum Gasteiger partial charge on any atom is 0.0948 e. The van der Waals surface area contributed by atoms with Gasteiger partial charge in [0.05, 0.1) is 22.3 Å². The van der Waals surface area contributed by atoms with Crippen molar-refractivity contribution in [2.45, 2.75) is 18.9 Å². The van der Waals surface area contributed by atoms with Gasteiger partial charge in [0.1, 0.15) is 0 Å². The number of nitrogens with zero attached hydrogens (tertiary/aromatic N) is 1. The third-order valence-corrected chi connectivity index (χ3v) is 3.59. The van der Waals surface area contributed by atoms with E-state index in [1.807, 2.05) is 24.3 Å². The number of nitrogens with one attached hydrogen (secondary N) is 1. The molecule has 1 aliphatic heterocycles. The van der Waals surface area contributed by atoms with Gasteiger partial charge in [-0.2, -0.15) is 0 Å². The third kappa shape index (κ3) is 2.28. The smallest absolute Gasteiger partial charge is 0.0948 e. The lowest BCUT2D eigenvalue weighted by Gasteiger charge is -2.13. The Kier molecular flexibility index (Phi) is 3.35. The lowest BCUT2D eigenvalue weighted by molar-refractivity contribution is 0.120. The molecule has 1 aliphatic rings. The van der Waals surface area contributed by atoms with Crippen LogP contribution in [-0.2, 0) is 4.74 Å². The highest BCUT2D eigenvalue weighted by Gasteiger charge is 2.15. The van der Waals surface area contributed by atoms with Crippen molar-refractivity contribution >= 4 is 28.2 Å². The van der Waals surface area contributed by atoms with Crippen molar-refractivity contribution in [3.05, 3.63) is 35.5 Å². The summed E-state index contributed by atoms with van der Waals surface area (Å²) in [4.78, 5) is 4.40. The Labute approximate surface area is 111 Å². The van der Waals surface area contributed by atoms with Gasteiger partial charge in [0.2, 0.25) is 0 Å². The molecule has 0 radical (unpaired) electrons. The Morgan fingerprint density at radius 2 is 2.33 bits per heavy atom. The van der Waals surface area contributed by atoms with Crippen LogP contribution in [0.15, 0.2) is 30.5 Å². The van der Waals surface area contributed by atoms with Crippen LogP contribution in [0.4, 0.5) is 5.69 Å². The number of hydrogen-bond donors (Lipinski definition) is 1. The molecule has 3 nitrogen and oxygen atoms in total. The number of halogens is 1. The first-order valence-electron chi connectivity index (χ1n) is 6.23. The van der Waals surface area contributed by atoms with Gasteiger partial charge in [-0.1, -0.05) is 11.6 Å². The molecule has 1 unspecified atom stereocenters. The van der Waals surface area contributed by atoms with E-state index >= 15 is 0 Å². The van der Waals surface area contributed by atoms with Gasteiger partial charge in [-0.15, -0.1) is 0 Å². The molecule has 1 atom stereocenters. The number of benzene rings is 1. The van der Waals surface area contributed by atoms with Crippen LogP contribution in [0.25, 0.3) is 10.9 Å². The summed E-state index contributed by atoms with van der Waals surface area (Å²) in [7, 11) is 0. The third-order valence-electron chi connectivity index (χ3n) is 3.26. The highest BCUT2D eigenvalue weighted by Crippen LogP contribution is 2.28. The van der Waals surface area contributed by atoms with Gasteiger partial charge in [-0.3, -0.25) is 4.98 Å². The Morgan fingerprint density at radius 1 is 1.39 bits per heavy atom. The molecule has 2 heterocycles. The highest BCUT2D eigenvalue weighted by atomic mass is 35.5. The van der Waals surface area contributed by atoms with Crippen LogP contribution in [0, 0.1) is 0 Å². The number of ether oxygens (including phenoxy) is 1. The Balaban J connectivity index is 1.85. The van der Waals surface area contributed by atoms with Gasteiger partial charge in [0, 0.05) is 24.7 Å². The van der Waals surface area contributed by atoms with Gasteiger partial charge in [-0.25, -0.2) is 0 Å². The van der Waals surface area contributed by atoms with Gasteiger partial charge >= 0.3 is 0 Å². The number of rotatable bonds is 3. The second-order valence-corrected chi connectivity index (χ2v) is 4.92. The van der Waals surface area contributed by atoms with E-state index in [4.69, 9.17) is 16.3 Å². The van der Waals surface area contributed by atoms with Crippen LogP contribution in [-0.4, -0.2) is 24.2 Å². The van der Waals surface area contributed by atoms with E-state index in [1.165, 1.54) is 0 Å². The average Bonchev–Trinajstić information content (AvgIpc) is 2.92. The summed E-state index contributed by atoms with van der Waals surface area (Å²) in [6, 6.07) is 7.77. The fraction of sp³-hybridized carbons (Fsp3) is 0.357. The summed E-state index contributed by atoms with van der Waals surface area (Å²) in [6.07, 6.45) is 4.40. The zero-order valence-corrected chi connectivity index (χ0v) is 10.8. The average molecular weight is 263 g/mol. The molecule has 1 N–H and O–H groups in total. The normalized spacial score (nSPS) is 19.3. The predicted octanol–water partition coefficient (Wildman–Crippen LogP) is 3.48. The topological polar surface area (TPSA) is 34.1 Å². The highest BCUT2D eigenvalue weighted by molar-refractivity contribution is 6.35. The number of hydrogen-bond acceptors (Lipinski definition) is 3. The molecule has 0 bridgehead atoms. The minimum absolute atomic E-state index is 0.319. The van der Waals surface area contributed by atoms with Gasteiger partial charge in [0.25, 0.3) is 0 Å². The number of aromatic nitrogens is 1. The molecule has 0 aliphatic carbocycles. The van der Waals surface area contributed by atoms with E-state index in [9.17, 15) is 0 Å². The van der Waals surface area contributed by atoms with Crippen LogP contribution in [0.1, 0.15) is 12.8 Å². The molecule has 0 spiro atoms. The summed E-state index contributed by atoms with van der Waals surface area (Å²) >= 11 is 6.16. The minimum Gasteiger partial charge on any atom is -0.381 e. The lowest BCUT2D eigenvalue weighted by atomic mass is 10.2. The fourth-order valence-electron chi connectivity index (χ4n) is 2.31. The van der Waals surface area contributed by atoms with Crippen LogP contribution < -0.4 is 5.32 Å². The predicted molar refractivity (Wildman–Crippen MR) is 74.2 cm³/mol. The van der Waals surface area contributed by atoms with Crippen molar-refractivity contribution < 1.29 is 4.74 Å². The molecule has 1 saturated heterocycles. The minimum atomic E-state index is 0.319. The maximum atomic E-state index is 6.16. The first-order chi connectivity index (χ1) is 8.84. The molecule has 94 valence electrons. The first kappa shape index (κ1) is 11.8. The molecule has 4 heteroatoms. The Hall–Kier alpha value is -1.32. The number of pyridine rings is 1. The van der Waals surface area contributed by atoms with Crippen molar-refractivity contribution in [3.63, 3.8) is 0 Å². The summed E-state index contributed by atoms with van der Waals surface area (Å²) in [5.74, 6) is 0. The summed E-state index contributed by atoms with van der Waals surface area (Å²) in [5, 5.41) is 5.13. The molecule has 2 aromatic rings. The van der Waals surface area contributed by atoms with E-state index in [-0.39, 0.29) is 0 Å². The van der Waals surface area contributed by atoms with Gasteiger partial charge in [0.15, 0.2) is 0 Å². The van der Waals surface area contributed by atoms with Crippen molar-refractivity contribution in [2.24, 2.45) is 0 Å². The van der Waals surface area contributed by atoms with Crippen molar-refractivity contribution in [2.75, 3.05) is 18.5 Å². The standard InChI is InChI=1S/C14H15ClN2O/c15-12-5-6-13(14-11(12)4-1-7-16-14)17-9-10-3-2-8-18-10/h1,4-7,10,17H,2-3,8-9H2. The van der Waals surface area contributed by atoms with Crippen LogP contribution in [0.3, 0.4) is 0 Å². The molecule has 0 amide bonds. The van der Waals surface area contributed by atoms with E-state index in [1.54, 1.807) is 6.20 Å². The second-order valence-electron chi connectivity index (χ2n) is 4.51. The monoisotopic (exact) mass is 262 g/mol. The van der Waals surface area contributed by atoms with E-state index in [2.05, 4.69) is 10.3 Å². The number of fused-ring (bicyclic) bond motifs is 1. The van der Waals surface area contributed by atoms with Crippen molar-refractivity contribution in [1.82, 2.24) is 4.98 Å². The van der Waals surface area contributed by atoms with E-state index in [0.29, 0.717) is 6.10 Å². The SMILES string of the molecule is Clc1ccc(NCC2CCCO2)c2ncccc12. The van der Waals surface area contributed by atoms with E-state index < -0.39 is 0 Å². The van der Waals surface area contributed by atoms with E-state index in [0.717, 1.165) is 47.6 Å².